The maximum atomic E-state index is 6.69. The van der Waals surface area contributed by atoms with E-state index in [-0.39, 0.29) is 0 Å². The third kappa shape index (κ3) is 4.46. The maximum absolute atomic E-state index is 6.69. The van der Waals surface area contributed by atoms with Crippen molar-refractivity contribution in [2.45, 2.75) is 0 Å². The Morgan fingerprint density at radius 3 is 1.75 bits per heavy atom. The first-order valence-electron chi connectivity index (χ1n) is 18.4. The molecule has 0 saturated carbocycles. The molecule has 0 bridgehead atoms. The number of nitrogens with zero attached hydrogens (tertiary/aromatic N) is 4. The molecule has 12 rings (SSSR count). The third-order valence-electron chi connectivity index (χ3n) is 10.9. The molecule has 0 aliphatic carbocycles. The van der Waals surface area contributed by atoms with Crippen molar-refractivity contribution in [2.75, 3.05) is 0 Å². The average molecular weight is 705 g/mol. The number of hydrogen-bond donors (Lipinski definition) is 0. The van der Waals surface area contributed by atoms with Crippen LogP contribution in [0.15, 0.2) is 179 Å². The molecule has 6 nitrogen and oxygen atoms in total. The number of furan rings is 2. The highest BCUT2D eigenvalue weighted by Crippen LogP contribution is 2.44. The van der Waals surface area contributed by atoms with Crippen LogP contribution in [0, 0.1) is 0 Å². The van der Waals surface area contributed by atoms with Gasteiger partial charge in [0.15, 0.2) is 17.5 Å². The second kappa shape index (κ2) is 11.5. The molecule has 55 heavy (non-hydrogen) atoms. The zero-order chi connectivity index (χ0) is 36.0. The SMILES string of the molecule is c1ccc(-c2nc(-c3cccc4ccccc34)nc(-c3cccc4oc5ccc6oc7cc(-n8c9ccccc9c9ccccc98)ccc7c6c5c34)n2)cc1. The Labute approximate surface area is 313 Å². The van der Waals surface area contributed by atoms with Gasteiger partial charge in [0.05, 0.1) is 11.0 Å². The highest BCUT2D eigenvalue weighted by atomic mass is 16.3. The van der Waals surface area contributed by atoms with Gasteiger partial charge in [-0.05, 0) is 53.2 Å². The summed E-state index contributed by atoms with van der Waals surface area (Å²) in [7, 11) is 0. The molecule has 256 valence electrons. The minimum Gasteiger partial charge on any atom is -0.456 e. The first kappa shape index (κ1) is 29.9. The largest absolute Gasteiger partial charge is 0.456 e. The number of rotatable bonds is 4. The molecule has 4 heterocycles. The second-order valence-electron chi connectivity index (χ2n) is 13.9. The number of fused-ring (bicyclic) bond motifs is 11. The smallest absolute Gasteiger partial charge is 0.164 e. The van der Waals surface area contributed by atoms with Gasteiger partial charge in [0.2, 0.25) is 0 Å². The molecule has 0 aliphatic rings. The van der Waals surface area contributed by atoms with Gasteiger partial charge in [0.1, 0.15) is 22.3 Å². The Morgan fingerprint density at radius 1 is 0.364 bits per heavy atom. The van der Waals surface area contributed by atoms with Gasteiger partial charge in [0, 0.05) is 60.8 Å². The lowest BCUT2D eigenvalue weighted by Crippen LogP contribution is -2.00. The van der Waals surface area contributed by atoms with E-state index < -0.39 is 0 Å². The summed E-state index contributed by atoms with van der Waals surface area (Å²) in [6.07, 6.45) is 0. The van der Waals surface area contributed by atoms with Crippen LogP contribution in [-0.4, -0.2) is 19.5 Å². The van der Waals surface area contributed by atoms with E-state index in [9.17, 15) is 0 Å². The normalized spacial score (nSPS) is 12.0. The topological polar surface area (TPSA) is 69.9 Å². The van der Waals surface area contributed by atoms with Gasteiger partial charge in [0.25, 0.3) is 0 Å². The van der Waals surface area contributed by atoms with Gasteiger partial charge in [-0.3, -0.25) is 0 Å². The van der Waals surface area contributed by atoms with Crippen LogP contribution in [0.25, 0.3) is 116 Å². The molecule has 0 spiro atoms. The molecule has 0 unspecified atom stereocenters. The molecular weight excluding hydrogens is 677 g/mol. The summed E-state index contributed by atoms with van der Waals surface area (Å²) in [5.74, 6) is 1.79. The first-order valence-corrected chi connectivity index (χ1v) is 18.4. The fourth-order valence-corrected chi connectivity index (χ4v) is 8.44. The Hall–Kier alpha value is -7.57. The van der Waals surface area contributed by atoms with E-state index in [1.54, 1.807) is 0 Å². The van der Waals surface area contributed by atoms with Crippen molar-refractivity contribution in [3.8, 4) is 39.9 Å². The summed E-state index contributed by atoms with van der Waals surface area (Å²) in [6.45, 7) is 0. The average Bonchev–Trinajstić information content (AvgIpc) is 3.92. The Morgan fingerprint density at radius 2 is 0.945 bits per heavy atom. The van der Waals surface area contributed by atoms with Crippen molar-refractivity contribution in [1.82, 2.24) is 19.5 Å². The highest BCUT2D eigenvalue weighted by Gasteiger charge is 2.22. The lowest BCUT2D eigenvalue weighted by molar-refractivity contribution is 0.662. The van der Waals surface area contributed by atoms with E-state index in [1.807, 2.05) is 54.6 Å². The number of hydrogen-bond acceptors (Lipinski definition) is 5. The predicted octanol–water partition coefficient (Wildman–Crippen LogP) is 12.9. The quantitative estimate of drug-likeness (QED) is 0.182. The third-order valence-corrected chi connectivity index (χ3v) is 10.9. The molecule has 0 radical (unpaired) electrons. The van der Waals surface area contributed by atoms with Crippen LogP contribution in [0.4, 0.5) is 0 Å². The molecule has 0 aliphatic heterocycles. The van der Waals surface area contributed by atoms with Crippen LogP contribution < -0.4 is 0 Å². The van der Waals surface area contributed by atoms with E-state index in [1.165, 1.54) is 10.8 Å². The molecule has 8 aromatic carbocycles. The van der Waals surface area contributed by atoms with Crippen LogP contribution in [0.1, 0.15) is 0 Å². The van der Waals surface area contributed by atoms with E-state index in [0.29, 0.717) is 17.5 Å². The van der Waals surface area contributed by atoms with Crippen molar-refractivity contribution >= 4 is 76.5 Å². The van der Waals surface area contributed by atoms with Crippen LogP contribution in [0.5, 0.6) is 0 Å². The lowest BCUT2D eigenvalue weighted by atomic mass is 10.0. The Balaban J connectivity index is 1.11. The van der Waals surface area contributed by atoms with Gasteiger partial charge >= 0.3 is 0 Å². The van der Waals surface area contributed by atoms with Gasteiger partial charge in [-0.15, -0.1) is 0 Å². The van der Waals surface area contributed by atoms with E-state index in [0.717, 1.165) is 88.1 Å². The van der Waals surface area contributed by atoms with E-state index in [4.69, 9.17) is 23.8 Å². The van der Waals surface area contributed by atoms with Crippen LogP contribution >= 0.6 is 0 Å². The second-order valence-corrected chi connectivity index (χ2v) is 13.9. The zero-order valence-electron chi connectivity index (χ0n) is 29.3. The van der Waals surface area contributed by atoms with Gasteiger partial charge < -0.3 is 13.4 Å². The molecule has 0 saturated heterocycles. The van der Waals surface area contributed by atoms with Crippen LogP contribution in [-0.2, 0) is 0 Å². The van der Waals surface area contributed by atoms with Crippen LogP contribution in [0.2, 0.25) is 0 Å². The monoisotopic (exact) mass is 704 g/mol. The molecule has 12 aromatic rings. The summed E-state index contributed by atoms with van der Waals surface area (Å²) in [4.78, 5) is 15.4. The fourth-order valence-electron chi connectivity index (χ4n) is 8.44. The van der Waals surface area contributed by atoms with E-state index >= 15 is 0 Å². The van der Waals surface area contributed by atoms with Gasteiger partial charge in [-0.1, -0.05) is 121 Å². The molecule has 0 N–H and O–H groups in total. The zero-order valence-corrected chi connectivity index (χ0v) is 29.3. The van der Waals surface area contributed by atoms with Crippen LogP contribution in [0.3, 0.4) is 0 Å². The number of aromatic nitrogens is 4. The molecule has 0 amide bonds. The summed E-state index contributed by atoms with van der Waals surface area (Å²) >= 11 is 0. The number of para-hydroxylation sites is 2. The molecule has 0 atom stereocenters. The highest BCUT2D eigenvalue weighted by molar-refractivity contribution is 6.28. The summed E-state index contributed by atoms with van der Waals surface area (Å²) in [5, 5.41) is 8.57. The molecule has 0 fully saturated rings. The van der Waals surface area contributed by atoms with Crippen molar-refractivity contribution < 1.29 is 8.83 Å². The van der Waals surface area contributed by atoms with Crippen molar-refractivity contribution in [2.24, 2.45) is 0 Å². The molecule has 6 heteroatoms. The first-order chi connectivity index (χ1) is 27.3. The van der Waals surface area contributed by atoms with Gasteiger partial charge in [-0.25, -0.2) is 15.0 Å². The van der Waals surface area contributed by atoms with Crippen molar-refractivity contribution in [1.29, 1.82) is 0 Å². The molecule has 4 aromatic heterocycles. The standard InChI is InChI=1S/C49H28N4O2/c1-2-13-30(14-3-1)47-50-48(35-19-10-15-29-12-4-5-16-32(29)35)52-49(51-47)37-20-11-23-40-45(37)46-42(54-40)27-26-41-44(46)36-25-24-31(28-43(36)55-41)53-38-21-8-6-17-33(38)34-18-7-9-22-39(34)53/h1-28H. The minimum absolute atomic E-state index is 0.573. The minimum atomic E-state index is 0.573. The predicted molar refractivity (Wildman–Crippen MR) is 223 cm³/mol. The summed E-state index contributed by atoms with van der Waals surface area (Å²) < 4.78 is 15.6. The lowest BCUT2D eigenvalue weighted by Gasteiger charge is -2.11. The summed E-state index contributed by atoms with van der Waals surface area (Å²) in [5.41, 5.74) is 9.20. The Kier molecular flexibility index (Phi) is 6.24. The van der Waals surface area contributed by atoms with Crippen molar-refractivity contribution in [3.63, 3.8) is 0 Å². The maximum Gasteiger partial charge on any atom is 0.164 e. The summed E-state index contributed by atoms with van der Waals surface area (Å²) in [6, 6.07) is 58.4. The number of benzene rings is 8. The van der Waals surface area contributed by atoms with E-state index in [2.05, 4.69) is 120 Å². The van der Waals surface area contributed by atoms with Gasteiger partial charge in [-0.2, -0.15) is 0 Å². The fraction of sp³-hybridized carbons (Fsp3) is 0. The van der Waals surface area contributed by atoms with Crippen molar-refractivity contribution in [3.05, 3.63) is 170 Å². The Bertz CT molecular complexity index is 3440. The molecular formula is C49H28N4O2.